The molecule has 0 bridgehead atoms. The number of nitrogens with zero attached hydrogens (tertiary/aromatic N) is 2. The normalized spacial score (nSPS) is 16.3. The fourth-order valence-corrected chi connectivity index (χ4v) is 4.15. The molecule has 0 amide bonds. The molecule has 1 aliphatic rings. The van der Waals surface area contributed by atoms with Gasteiger partial charge in [-0.2, -0.15) is 0 Å². The van der Waals surface area contributed by atoms with Crippen LogP contribution in [0.4, 0.5) is 8.78 Å². The van der Waals surface area contributed by atoms with E-state index in [2.05, 4.69) is 25.5 Å². The number of ether oxygens (including phenoxy) is 1. The number of hydrogen-bond acceptors (Lipinski definition) is 3. The maximum absolute atomic E-state index is 13.9. The largest absolute Gasteiger partial charge is 0.379 e. The second-order valence-electron chi connectivity index (χ2n) is 7.85. The summed E-state index contributed by atoms with van der Waals surface area (Å²) in [6, 6.07) is 11.5. The SMILES string of the molecule is CN=C(NCCc1c[nH]c2ccc(F)cc12)NCC(c1cccc(F)c1)N1CCOCC1. The number of morpholine rings is 1. The van der Waals surface area contributed by atoms with Crippen molar-refractivity contribution in [3.8, 4) is 0 Å². The molecule has 4 rings (SSSR count). The Hall–Kier alpha value is -2.97. The molecule has 2 heterocycles. The molecular weight excluding hydrogens is 412 g/mol. The van der Waals surface area contributed by atoms with Crippen molar-refractivity contribution >= 4 is 16.9 Å². The van der Waals surface area contributed by atoms with Gasteiger partial charge in [0.05, 0.1) is 19.3 Å². The van der Waals surface area contributed by atoms with Crippen LogP contribution in [0.1, 0.15) is 17.2 Å². The number of rotatable bonds is 7. The Bertz CT molecular complexity index is 1060. The molecular formula is C24H29F2N5O. The lowest BCUT2D eigenvalue weighted by Gasteiger charge is -2.35. The Balaban J connectivity index is 1.36. The van der Waals surface area contributed by atoms with Gasteiger partial charge in [0.1, 0.15) is 11.6 Å². The van der Waals surface area contributed by atoms with Crippen molar-refractivity contribution in [2.45, 2.75) is 12.5 Å². The Morgan fingerprint density at radius 3 is 2.72 bits per heavy atom. The van der Waals surface area contributed by atoms with Crippen LogP contribution in [0.25, 0.3) is 10.9 Å². The average Bonchev–Trinajstić information content (AvgIpc) is 3.21. The van der Waals surface area contributed by atoms with Gasteiger partial charge in [-0.3, -0.25) is 9.89 Å². The summed E-state index contributed by atoms with van der Waals surface area (Å²) in [5, 5.41) is 7.60. The van der Waals surface area contributed by atoms with Crippen molar-refractivity contribution in [2.75, 3.05) is 46.4 Å². The molecule has 2 aromatic carbocycles. The molecule has 1 fully saturated rings. The summed E-state index contributed by atoms with van der Waals surface area (Å²) in [5.74, 6) is 0.194. The molecule has 0 saturated carbocycles. The zero-order valence-corrected chi connectivity index (χ0v) is 18.2. The van der Waals surface area contributed by atoms with Crippen molar-refractivity contribution in [1.82, 2.24) is 20.5 Å². The number of fused-ring (bicyclic) bond motifs is 1. The van der Waals surface area contributed by atoms with Crippen LogP contribution in [0, 0.1) is 11.6 Å². The lowest BCUT2D eigenvalue weighted by molar-refractivity contribution is 0.0169. The fourth-order valence-electron chi connectivity index (χ4n) is 4.15. The number of nitrogens with one attached hydrogen (secondary N) is 3. The van der Waals surface area contributed by atoms with Crippen molar-refractivity contribution in [2.24, 2.45) is 4.99 Å². The molecule has 1 unspecified atom stereocenters. The first-order valence-corrected chi connectivity index (χ1v) is 10.9. The van der Waals surface area contributed by atoms with Crippen LogP contribution in [-0.2, 0) is 11.2 Å². The van der Waals surface area contributed by atoms with E-state index in [4.69, 9.17) is 4.74 Å². The zero-order valence-electron chi connectivity index (χ0n) is 18.2. The molecule has 0 radical (unpaired) electrons. The highest BCUT2D eigenvalue weighted by Gasteiger charge is 2.23. The minimum absolute atomic E-state index is 0.00439. The molecule has 170 valence electrons. The van der Waals surface area contributed by atoms with Gasteiger partial charge in [0.25, 0.3) is 0 Å². The summed E-state index contributed by atoms with van der Waals surface area (Å²) in [6.07, 6.45) is 2.64. The van der Waals surface area contributed by atoms with E-state index < -0.39 is 0 Å². The quantitative estimate of drug-likeness (QED) is 0.389. The number of hydrogen-bond donors (Lipinski definition) is 3. The fraction of sp³-hybridized carbons (Fsp3) is 0.375. The molecule has 0 spiro atoms. The third-order valence-electron chi connectivity index (χ3n) is 5.82. The average molecular weight is 442 g/mol. The number of H-pyrrole nitrogens is 1. The van der Waals surface area contributed by atoms with Crippen LogP contribution in [0.3, 0.4) is 0 Å². The smallest absolute Gasteiger partial charge is 0.191 e. The number of aliphatic imine (C=N–C) groups is 1. The zero-order chi connectivity index (χ0) is 22.3. The number of benzene rings is 2. The van der Waals surface area contributed by atoms with Crippen molar-refractivity contribution in [3.05, 3.63) is 71.4 Å². The maximum Gasteiger partial charge on any atom is 0.191 e. The van der Waals surface area contributed by atoms with Crippen LogP contribution in [0.5, 0.6) is 0 Å². The Kier molecular flexibility index (Phi) is 7.34. The minimum Gasteiger partial charge on any atom is -0.379 e. The molecule has 1 saturated heterocycles. The topological polar surface area (TPSA) is 64.7 Å². The van der Waals surface area contributed by atoms with Gasteiger partial charge < -0.3 is 20.4 Å². The van der Waals surface area contributed by atoms with E-state index in [1.165, 1.54) is 12.1 Å². The Morgan fingerprint density at radius 2 is 1.94 bits per heavy atom. The standard InChI is InChI=1S/C24H29F2N5O/c1-27-24(28-8-7-18-15-29-22-6-5-20(26)14-21(18)22)30-16-23(31-9-11-32-12-10-31)17-3-2-4-19(25)13-17/h2-6,13-15,23,29H,7-12,16H2,1H3,(H2,27,28,30). The minimum atomic E-state index is -0.240. The summed E-state index contributed by atoms with van der Waals surface area (Å²) in [7, 11) is 1.72. The van der Waals surface area contributed by atoms with E-state index in [1.54, 1.807) is 31.3 Å². The highest BCUT2D eigenvalue weighted by Crippen LogP contribution is 2.22. The summed E-state index contributed by atoms with van der Waals surface area (Å²) >= 11 is 0. The van der Waals surface area contributed by atoms with Gasteiger partial charge in [-0.25, -0.2) is 8.78 Å². The van der Waals surface area contributed by atoms with Gasteiger partial charge in [0.2, 0.25) is 0 Å². The molecule has 8 heteroatoms. The first-order valence-electron chi connectivity index (χ1n) is 10.9. The van der Waals surface area contributed by atoms with E-state index in [0.29, 0.717) is 32.3 Å². The van der Waals surface area contributed by atoms with Crippen LogP contribution in [0.15, 0.2) is 53.7 Å². The monoisotopic (exact) mass is 441 g/mol. The van der Waals surface area contributed by atoms with Crippen LogP contribution in [0.2, 0.25) is 0 Å². The van der Waals surface area contributed by atoms with Gasteiger partial charge in [-0.05, 0) is 47.9 Å². The number of guanidine groups is 1. The van der Waals surface area contributed by atoms with Crippen LogP contribution >= 0.6 is 0 Å². The molecule has 3 aromatic rings. The van der Waals surface area contributed by atoms with E-state index in [9.17, 15) is 8.78 Å². The Morgan fingerprint density at radius 1 is 1.12 bits per heavy atom. The number of aromatic nitrogens is 1. The lowest BCUT2D eigenvalue weighted by atomic mass is 10.0. The molecule has 1 aliphatic heterocycles. The summed E-state index contributed by atoms with van der Waals surface area (Å²) in [5.41, 5.74) is 2.90. The highest BCUT2D eigenvalue weighted by atomic mass is 19.1. The van der Waals surface area contributed by atoms with Crippen molar-refractivity contribution in [3.63, 3.8) is 0 Å². The first-order chi connectivity index (χ1) is 15.6. The third kappa shape index (κ3) is 5.44. The van der Waals surface area contributed by atoms with Gasteiger partial charge in [-0.1, -0.05) is 12.1 Å². The highest BCUT2D eigenvalue weighted by molar-refractivity contribution is 5.83. The van der Waals surface area contributed by atoms with Crippen LogP contribution < -0.4 is 10.6 Å². The summed E-state index contributed by atoms with van der Waals surface area (Å²) in [4.78, 5) is 9.81. The van der Waals surface area contributed by atoms with Gasteiger partial charge in [0, 0.05) is 50.3 Å². The predicted molar refractivity (Wildman–Crippen MR) is 123 cm³/mol. The molecule has 1 atom stereocenters. The second-order valence-corrected chi connectivity index (χ2v) is 7.85. The number of halogens is 2. The van der Waals surface area contributed by atoms with E-state index >= 15 is 0 Å². The molecule has 32 heavy (non-hydrogen) atoms. The van der Waals surface area contributed by atoms with E-state index in [0.717, 1.165) is 41.5 Å². The van der Waals surface area contributed by atoms with Crippen LogP contribution in [-0.4, -0.2) is 62.3 Å². The molecule has 1 aromatic heterocycles. The van der Waals surface area contributed by atoms with Gasteiger partial charge in [0.15, 0.2) is 5.96 Å². The number of aromatic amines is 1. The molecule has 6 nitrogen and oxygen atoms in total. The summed E-state index contributed by atoms with van der Waals surface area (Å²) in [6.45, 7) is 4.17. The third-order valence-corrected chi connectivity index (χ3v) is 5.82. The van der Waals surface area contributed by atoms with E-state index in [-0.39, 0.29) is 17.7 Å². The lowest BCUT2D eigenvalue weighted by Crippen LogP contribution is -2.46. The van der Waals surface area contributed by atoms with Gasteiger partial charge in [-0.15, -0.1) is 0 Å². The predicted octanol–water partition coefficient (Wildman–Crippen LogP) is 3.23. The summed E-state index contributed by atoms with van der Waals surface area (Å²) < 4.78 is 33.0. The van der Waals surface area contributed by atoms with Crippen molar-refractivity contribution < 1.29 is 13.5 Å². The van der Waals surface area contributed by atoms with E-state index in [1.807, 2.05) is 12.3 Å². The van der Waals surface area contributed by atoms with Crippen molar-refractivity contribution in [1.29, 1.82) is 0 Å². The van der Waals surface area contributed by atoms with Gasteiger partial charge >= 0.3 is 0 Å². The maximum atomic E-state index is 13.9. The second kappa shape index (κ2) is 10.6. The molecule has 3 N–H and O–H groups in total. The first kappa shape index (κ1) is 22.2. The molecule has 0 aliphatic carbocycles. The Labute approximate surface area is 186 Å².